The third-order valence-corrected chi connectivity index (χ3v) is 6.69. The van der Waals surface area contributed by atoms with Crippen molar-refractivity contribution in [3.63, 3.8) is 0 Å². The topological polar surface area (TPSA) is 49.4 Å². The third-order valence-electron chi connectivity index (χ3n) is 6.69. The fraction of sp³-hybridized carbons (Fsp3) is 0. The number of halogens is 4. The summed E-state index contributed by atoms with van der Waals surface area (Å²) in [4.78, 5) is 18.4. The second kappa shape index (κ2) is 9.20. The average Bonchev–Trinajstić information content (AvgIpc) is 3.73. The van der Waals surface area contributed by atoms with Gasteiger partial charge in [-0.05, 0) is 85.0 Å². The summed E-state index contributed by atoms with van der Waals surface area (Å²) in [6, 6.07) is 7.35. The lowest BCUT2D eigenvalue weighted by molar-refractivity contribution is 0.577. The molecule has 5 heterocycles. The van der Waals surface area contributed by atoms with E-state index >= 15 is 0 Å². The molecule has 5 aliphatic heterocycles. The van der Waals surface area contributed by atoms with Gasteiger partial charge in [0.15, 0.2) is 0 Å². The van der Waals surface area contributed by atoms with Gasteiger partial charge in [0.05, 0.1) is 56.8 Å². The molecule has 7 rings (SSSR count). The molecule has 192 valence electrons. The molecular formula is C32H16F4N4. The van der Waals surface area contributed by atoms with E-state index in [4.69, 9.17) is 0 Å². The molecule has 40 heavy (non-hydrogen) atoms. The second-order valence-electron chi connectivity index (χ2n) is 9.25. The van der Waals surface area contributed by atoms with E-state index in [2.05, 4.69) is 20.0 Å². The van der Waals surface area contributed by atoms with Crippen molar-refractivity contribution in [1.82, 2.24) is 0 Å². The van der Waals surface area contributed by atoms with Crippen LogP contribution < -0.4 is 0 Å². The molecule has 0 atom stereocenters. The first-order valence-corrected chi connectivity index (χ1v) is 12.3. The van der Waals surface area contributed by atoms with Crippen LogP contribution >= 0.6 is 0 Å². The lowest BCUT2D eigenvalue weighted by Gasteiger charge is -2.11. The zero-order valence-corrected chi connectivity index (χ0v) is 20.5. The van der Waals surface area contributed by atoms with Crippen molar-refractivity contribution >= 4 is 34.0 Å². The van der Waals surface area contributed by atoms with Crippen LogP contribution in [0.3, 0.4) is 0 Å². The van der Waals surface area contributed by atoms with Gasteiger partial charge in [-0.3, -0.25) is 0 Å². The van der Waals surface area contributed by atoms with E-state index in [9.17, 15) is 17.6 Å². The molecule has 0 aliphatic carbocycles. The fourth-order valence-corrected chi connectivity index (χ4v) is 4.94. The van der Waals surface area contributed by atoms with Crippen molar-refractivity contribution < 1.29 is 17.6 Å². The monoisotopic (exact) mass is 532 g/mol. The highest BCUT2D eigenvalue weighted by atomic mass is 19.1. The number of allylic oxidation sites excluding steroid dienone is 12. The van der Waals surface area contributed by atoms with Gasteiger partial charge in [-0.1, -0.05) is 12.1 Å². The zero-order chi connectivity index (χ0) is 27.4. The first-order valence-electron chi connectivity index (χ1n) is 12.3. The molecule has 0 saturated heterocycles. The zero-order valence-electron chi connectivity index (χ0n) is 20.5. The van der Waals surface area contributed by atoms with E-state index in [1.54, 1.807) is 60.8 Å². The summed E-state index contributed by atoms with van der Waals surface area (Å²) >= 11 is 0. The molecule has 2 aromatic rings. The molecule has 5 aliphatic rings. The minimum absolute atomic E-state index is 0.208. The largest absolute Gasteiger partial charge is 0.248 e. The van der Waals surface area contributed by atoms with Crippen molar-refractivity contribution in [2.24, 2.45) is 20.0 Å². The van der Waals surface area contributed by atoms with Gasteiger partial charge in [0.2, 0.25) is 0 Å². The van der Waals surface area contributed by atoms with Gasteiger partial charge in [0.25, 0.3) is 0 Å². The second-order valence-corrected chi connectivity index (χ2v) is 9.25. The van der Waals surface area contributed by atoms with Crippen molar-refractivity contribution in [2.45, 2.75) is 0 Å². The summed E-state index contributed by atoms with van der Waals surface area (Å²) in [5.41, 5.74) is 3.18. The molecule has 0 radical (unpaired) electrons. The van der Waals surface area contributed by atoms with E-state index in [1.807, 2.05) is 0 Å². The van der Waals surface area contributed by atoms with Crippen molar-refractivity contribution in [1.29, 1.82) is 0 Å². The van der Waals surface area contributed by atoms with Crippen LogP contribution in [0.1, 0.15) is 11.1 Å². The van der Waals surface area contributed by atoms with Crippen molar-refractivity contribution in [2.75, 3.05) is 0 Å². The Bertz CT molecular complexity index is 1740. The van der Waals surface area contributed by atoms with E-state index in [-0.39, 0.29) is 22.3 Å². The Kier molecular flexibility index (Phi) is 5.48. The minimum atomic E-state index is -0.736. The summed E-state index contributed by atoms with van der Waals surface area (Å²) in [7, 11) is 0. The third kappa shape index (κ3) is 4.01. The molecule has 0 saturated carbocycles. The number of aliphatic imine (C=N–C) groups is 4. The van der Waals surface area contributed by atoms with Gasteiger partial charge in [0, 0.05) is 11.1 Å². The van der Waals surface area contributed by atoms with Crippen LogP contribution in [0.4, 0.5) is 17.6 Å². The predicted molar refractivity (Wildman–Crippen MR) is 149 cm³/mol. The normalized spacial score (nSPS) is 18.8. The lowest BCUT2D eigenvalue weighted by atomic mass is 9.97. The Hall–Kier alpha value is -5.24. The van der Waals surface area contributed by atoms with Crippen LogP contribution in [0, 0.1) is 23.3 Å². The first-order chi connectivity index (χ1) is 19.4. The summed E-state index contributed by atoms with van der Waals surface area (Å²) < 4.78 is 59.9. The molecule has 0 fully saturated rings. The molecular weight excluding hydrogens is 516 g/mol. The highest BCUT2D eigenvalue weighted by molar-refractivity contribution is 6.34. The van der Waals surface area contributed by atoms with E-state index in [0.717, 1.165) is 0 Å². The van der Waals surface area contributed by atoms with E-state index < -0.39 is 23.3 Å². The molecule has 4 nitrogen and oxygen atoms in total. The van der Waals surface area contributed by atoms with Crippen LogP contribution in [0.5, 0.6) is 0 Å². The molecule has 0 N–H and O–H groups in total. The Morgan fingerprint density at radius 1 is 0.425 bits per heavy atom. The Morgan fingerprint density at radius 3 is 1.23 bits per heavy atom. The molecule has 2 aromatic carbocycles. The highest BCUT2D eigenvalue weighted by Gasteiger charge is 2.26. The summed E-state index contributed by atoms with van der Waals surface area (Å²) in [6.07, 6.45) is 16.8. The van der Waals surface area contributed by atoms with Gasteiger partial charge in [-0.25, -0.2) is 37.5 Å². The number of hydrogen-bond acceptors (Lipinski definition) is 4. The Morgan fingerprint density at radius 2 is 0.825 bits per heavy atom. The van der Waals surface area contributed by atoms with Gasteiger partial charge < -0.3 is 0 Å². The SMILES string of the molecule is Fc1cccc(F)c1C1=C2C=CC(=N2)C=C2C=CC(=N2)C(c2c(F)cccc2F)=C2C=CC(=N2)C=C2C=CC1=N2. The maximum Gasteiger partial charge on any atom is 0.134 e. The maximum absolute atomic E-state index is 15.0. The standard InChI is InChI=1S/C32H16F4N4/c33-21-3-1-4-22(34)29(21)31-25-11-7-17(37-25)15-19-9-13-27(39-19)32(30-23(35)5-2-6-24(30)36)28-14-10-20(40-28)16-18-8-12-26(31)38-18/h1-16H. The molecule has 8 heteroatoms. The maximum atomic E-state index is 15.0. The highest BCUT2D eigenvalue weighted by Crippen LogP contribution is 2.35. The van der Waals surface area contributed by atoms with E-state index in [1.165, 1.54) is 36.4 Å². The first kappa shape index (κ1) is 23.8. The van der Waals surface area contributed by atoms with Gasteiger partial charge in [-0.2, -0.15) is 0 Å². The fourth-order valence-electron chi connectivity index (χ4n) is 4.94. The summed E-state index contributed by atoms with van der Waals surface area (Å²) in [6.45, 7) is 0. The number of fused-ring (bicyclic) bond motifs is 4. The van der Waals surface area contributed by atoms with Crippen LogP contribution in [0.15, 0.2) is 140 Å². The Balaban J connectivity index is 1.48. The molecule has 0 aromatic heterocycles. The van der Waals surface area contributed by atoms with Crippen molar-refractivity contribution in [3.8, 4) is 0 Å². The van der Waals surface area contributed by atoms with Crippen LogP contribution in [-0.2, 0) is 0 Å². The van der Waals surface area contributed by atoms with Gasteiger partial charge >= 0.3 is 0 Å². The smallest absolute Gasteiger partial charge is 0.134 e. The number of rotatable bonds is 2. The van der Waals surface area contributed by atoms with E-state index in [0.29, 0.717) is 45.6 Å². The molecule has 0 amide bonds. The minimum Gasteiger partial charge on any atom is -0.248 e. The van der Waals surface area contributed by atoms with Crippen LogP contribution in [0.2, 0.25) is 0 Å². The number of benzene rings is 2. The molecule has 0 spiro atoms. The van der Waals surface area contributed by atoms with Crippen LogP contribution in [0.25, 0.3) is 11.1 Å². The summed E-state index contributed by atoms with van der Waals surface area (Å²) in [5, 5.41) is 0. The molecule has 8 bridgehead atoms. The van der Waals surface area contributed by atoms with Crippen LogP contribution in [-0.4, -0.2) is 22.8 Å². The average molecular weight is 533 g/mol. The summed E-state index contributed by atoms with van der Waals surface area (Å²) in [5.74, 6) is -2.95. The van der Waals surface area contributed by atoms with Crippen molar-refractivity contribution in [3.05, 3.63) is 154 Å². The quantitative estimate of drug-likeness (QED) is 0.368. The number of hydrogen-bond donors (Lipinski definition) is 0. The Labute approximate surface area is 225 Å². The predicted octanol–water partition coefficient (Wildman–Crippen LogP) is 7.19. The molecule has 0 unspecified atom stereocenters. The van der Waals surface area contributed by atoms with Gasteiger partial charge in [-0.15, -0.1) is 0 Å². The van der Waals surface area contributed by atoms with Gasteiger partial charge in [0.1, 0.15) is 23.3 Å². The number of nitrogens with zero attached hydrogens (tertiary/aromatic N) is 4. The lowest BCUT2D eigenvalue weighted by Crippen LogP contribution is -2.05.